The second kappa shape index (κ2) is 8.86. The van der Waals surface area contributed by atoms with Crippen LogP contribution in [0.4, 0.5) is 5.69 Å². The molecule has 0 atom stereocenters. The maximum atomic E-state index is 12.4. The number of anilines is 1. The van der Waals surface area contributed by atoms with Crippen LogP contribution in [0.5, 0.6) is 5.75 Å². The number of aromatic hydroxyl groups is 1. The lowest BCUT2D eigenvalue weighted by Crippen LogP contribution is -2.13. The lowest BCUT2D eigenvalue weighted by Gasteiger charge is -2.06. The van der Waals surface area contributed by atoms with Crippen molar-refractivity contribution >= 4 is 17.6 Å². The summed E-state index contributed by atoms with van der Waals surface area (Å²) in [6, 6.07) is 6.17. The standard InChI is InChI=1S/C18H23N3O4/c1-3-5-10-21-12-15(20-16(21)11-17(23)25-4-2)18(24)19-13-6-8-14(22)9-7-13/h6-9,12,22H,3-5,10-11H2,1-2H3,(H,19,24). The van der Waals surface area contributed by atoms with Crippen molar-refractivity contribution in [3.05, 3.63) is 42.0 Å². The molecule has 0 spiro atoms. The molecule has 2 rings (SSSR count). The van der Waals surface area contributed by atoms with Gasteiger partial charge in [-0.2, -0.15) is 0 Å². The van der Waals surface area contributed by atoms with E-state index in [1.165, 1.54) is 12.1 Å². The summed E-state index contributed by atoms with van der Waals surface area (Å²) in [5.41, 5.74) is 0.793. The molecule has 0 bridgehead atoms. The van der Waals surface area contributed by atoms with Crippen molar-refractivity contribution in [3.63, 3.8) is 0 Å². The molecule has 0 saturated carbocycles. The van der Waals surface area contributed by atoms with Gasteiger partial charge in [0.05, 0.1) is 6.61 Å². The zero-order valence-corrected chi connectivity index (χ0v) is 14.5. The van der Waals surface area contributed by atoms with Gasteiger partial charge in [0.15, 0.2) is 0 Å². The van der Waals surface area contributed by atoms with E-state index in [4.69, 9.17) is 4.74 Å². The van der Waals surface area contributed by atoms with Crippen LogP contribution in [0.25, 0.3) is 0 Å². The first-order chi connectivity index (χ1) is 12.0. The van der Waals surface area contributed by atoms with E-state index in [9.17, 15) is 14.7 Å². The predicted octanol–water partition coefficient (Wildman–Crippen LogP) is 2.75. The summed E-state index contributed by atoms with van der Waals surface area (Å²) < 4.78 is 6.79. The maximum Gasteiger partial charge on any atom is 0.313 e. The fourth-order valence-corrected chi connectivity index (χ4v) is 2.31. The van der Waals surface area contributed by atoms with Crippen LogP contribution in [0.1, 0.15) is 43.0 Å². The van der Waals surface area contributed by atoms with E-state index in [1.54, 1.807) is 25.3 Å². The minimum Gasteiger partial charge on any atom is -0.508 e. The summed E-state index contributed by atoms with van der Waals surface area (Å²) in [6.45, 7) is 4.81. The molecule has 0 aliphatic rings. The number of phenols is 1. The Hall–Kier alpha value is -2.83. The van der Waals surface area contributed by atoms with E-state index in [1.807, 2.05) is 4.57 Å². The molecule has 1 heterocycles. The van der Waals surface area contributed by atoms with E-state index in [2.05, 4.69) is 17.2 Å². The average molecular weight is 345 g/mol. The molecule has 1 aromatic heterocycles. The Balaban J connectivity index is 2.15. The van der Waals surface area contributed by atoms with Crippen LogP contribution in [0, 0.1) is 0 Å². The third-order valence-electron chi connectivity index (χ3n) is 3.58. The maximum absolute atomic E-state index is 12.4. The van der Waals surface area contributed by atoms with Crippen LogP contribution >= 0.6 is 0 Å². The number of esters is 1. The van der Waals surface area contributed by atoms with Crippen molar-refractivity contribution in [2.24, 2.45) is 0 Å². The van der Waals surface area contributed by atoms with Gasteiger partial charge in [-0.05, 0) is 37.6 Å². The molecule has 1 aromatic carbocycles. The molecule has 134 valence electrons. The zero-order valence-electron chi connectivity index (χ0n) is 14.5. The number of benzene rings is 1. The van der Waals surface area contributed by atoms with E-state index in [-0.39, 0.29) is 29.7 Å². The van der Waals surface area contributed by atoms with Crippen LogP contribution in [0.15, 0.2) is 30.5 Å². The zero-order chi connectivity index (χ0) is 18.2. The van der Waals surface area contributed by atoms with Gasteiger partial charge in [-0.1, -0.05) is 13.3 Å². The number of rotatable bonds is 8. The molecule has 0 aliphatic carbocycles. The van der Waals surface area contributed by atoms with Crippen molar-refractivity contribution in [2.75, 3.05) is 11.9 Å². The van der Waals surface area contributed by atoms with Crippen LogP contribution < -0.4 is 5.32 Å². The Morgan fingerprint density at radius 3 is 2.60 bits per heavy atom. The van der Waals surface area contributed by atoms with Gasteiger partial charge in [-0.25, -0.2) is 4.98 Å². The van der Waals surface area contributed by atoms with E-state index in [0.29, 0.717) is 24.7 Å². The number of ether oxygens (including phenoxy) is 1. The lowest BCUT2D eigenvalue weighted by atomic mass is 10.3. The van der Waals surface area contributed by atoms with Gasteiger partial charge in [0.2, 0.25) is 0 Å². The number of nitrogens with zero attached hydrogens (tertiary/aromatic N) is 2. The second-order valence-corrected chi connectivity index (χ2v) is 5.57. The highest BCUT2D eigenvalue weighted by atomic mass is 16.5. The number of hydrogen-bond donors (Lipinski definition) is 2. The van der Waals surface area contributed by atoms with Crippen molar-refractivity contribution in [1.82, 2.24) is 9.55 Å². The summed E-state index contributed by atoms with van der Waals surface area (Å²) in [4.78, 5) is 28.4. The van der Waals surface area contributed by atoms with E-state index >= 15 is 0 Å². The molecule has 1 amide bonds. The fourth-order valence-electron chi connectivity index (χ4n) is 2.31. The van der Waals surface area contributed by atoms with Gasteiger partial charge in [-0.15, -0.1) is 0 Å². The SMILES string of the molecule is CCCCn1cc(C(=O)Nc2ccc(O)cc2)nc1CC(=O)OCC. The first-order valence-electron chi connectivity index (χ1n) is 8.35. The summed E-state index contributed by atoms with van der Waals surface area (Å²) in [5, 5.41) is 12.0. The molecule has 7 nitrogen and oxygen atoms in total. The Morgan fingerprint density at radius 2 is 1.96 bits per heavy atom. The molecule has 0 fully saturated rings. The molecular formula is C18H23N3O4. The Labute approximate surface area is 146 Å². The number of nitrogens with one attached hydrogen (secondary N) is 1. The van der Waals surface area contributed by atoms with Crippen LogP contribution in [0.3, 0.4) is 0 Å². The third-order valence-corrected chi connectivity index (χ3v) is 3.58. The van der Waals surface area contributed by atoms with Gasteiger partial charge >= 0.3 is 5.97 Å². The molecule has 0 unspecified atom stereocenters. The molecule has 0 saturated heterocycles. The quantitative estimate of drug-likeness (QED) is 0.567. The number of aryl methyl sites for hydroxylation is 1. The summed E-state index contributed by atoms with van der Waals surface area (Å²) in [5.74, 6) is -0.0938. The number of unbranched alkanes of at least 4 members (excludes halogenated alkanes) is 1. The highest BCUT2D eigenvalue weighted by Crippen LogP contribution is 2.15. The van der Waals surface area contributed by atoms with Crippen molar-refractivity contribution in [2.45, 2.75) is 39.7 Å². The first kappa shape index (κ1) is 18.5. The van der Waals surface area contributed by atoms with Gasteiger partial charge in [0.1, 0.15) is 23.7 Å². The van der Waals surface area contributed by atoms with Crippen molar-refractivity contribution in [1.29, 1.82) is 0 Å². The first-order valence-corrected chi connectivity index (χ1v) is 8.35. The van der Waals surface area contributed by atoms with Gasteiger partial charge in [-0.3, -0.25) is 9.59 Å². The number of aromatic nitrogens is 2. The van der Waals surface area contributed by atoms with Crippen LogP contribution in [-0.4, -0.2) is 33.1 Å². The minimum atomic E-state index is -0.369. The smallest absolute Gasteiger partial charge is 0.313 e. The summed E-state index contributed by atoms with van der Waals surface area (Å²) >= 11 is 0. The Morgan fingerprint density at radius 1 is 1.24 bits per heavy atom. The number of hydrogen-bond acceptors (Lipinski definition) is 5. The molecule has 2 aromatic rings. The molecular weight excluding hydrogens is 322 g/mol. The average Bonchev–Trinajstić information content (AvgIpc) is 2.98. The summed E-state index contributed by atoms with van der Waals surface area (Å²) in [6.07, 6.45) is 3.60. The number of phenolic OH excluding ortho intramolecular Hbond substituents is 1. The van der Waals surface area contributed by atoms with Crippen LogP contribution in [-0.2, 0) is 22.5 Å². The predicted molar refractivity (Wildman–Crippen MR) is 93.5 cm³/mol. The van der Waals surface area contributed by atoms with Crippen molar-refractivity contribution < 1.29 is 19.4 Å². The normalized spacial score (nSPS) is 10.5. The van der Waals surface area contributed by atoms with E-state index < -0.39 is 0 Å². The van der Waals surface area contributed by atoms with Gasteiger partial charge in [0.25, 0.3) is 5.91 Å². The molecule has 2 N–H and O–H groups in total. The molecule has 0 radical (unpaired) electrons. The fraction of sp³-hybridized carbons (Fsp3) is 0.389. The highest BCUT2D eigenvalue weighted by Gasteiger charge is 2.17. The number of amides is 1. The number of imidazole rings is 1. The van der Waals surface area contributed by atoms with Crippen LogP contribution in [0.2, 0.25) is 0 Å². The number of carbonyl (C=O) groups excluding carboxylic acids is 2. The third kappa shape index (κ3) is 5.34. The van der Waals surface area contributed by atoms with Gasteiger partial charge in [0, 0.05) is 18.4 Å². The highest BCUT2D eigenvalue weighted by molar-refractivity contribution is 6.02. The Bertz CT molecular complexity index is 722. The minimum absolute atomic E-state index is 0.0318. The van der Waals surface area contributed by atoms with Crippen molar-refractivity contribution in [3.8, 4) is 5.75 Å². The second-order valence-electron chi connectivity index (χ2n) is 5.57. The molecule has 7 heteroatoms. The molecule has 0 aliphatic heterocycles. The topological polar surface area (TPSA) is 93.5 Å². The van der Waals surface area contributed by atoms with Gasteiger partial charge < -0.3 is 19.7 Å². The Kier molecular flexibility index (Phi) is 6.56. The largest absolute Gasteiger partial charge is 0.508 e. The summed E-state index contributed by atoms with van der Waals surface area (Å²) in [7, 11) is 0. The number of carbonyl (C=O) groups is 2. The monoisotopic (exact) mass is 345 g/mol. The molecule has 25 heavy (non-hydrogen) atoms. The lowest BCUT2D eigenvalue weighted by molar-refractivity contribution is -0.142. The van der Waals surface area contributed by atoms with E-state index in [0.717, 1.165) is 12.8 Å².